The third-order valence-corrected chi connectivity index (χ3v) is 7.71. The number of esters is 1. The predicted molar refractivity (Wildman–Crippen MR) is 150 cm³/mol. The van der Waals surface area contributed by atoms with Gasteiger partial charge in [0.25, 0.3) is 5.56 Å². The van der Waals surface area contributed by atoms with Gasteiger partial charge < -0.3 is 18.9 Å². The van der Waals surface area contributed by atoms with Gasteiger partial charge in [-0.05, 0) is 73.0 Å². The number of fused-ring (bicyclic) bond motifs is 2. The summed E-state index contributed by atoms with van der Waals surface area (Å²) in [6.45, 7) is 4.18. The predicted octanol–water partition coefficient (Wildman–Crippen LogP) is 4.25. The van der Waals surface area contributed by atoms with Crippen molar-refractivity contribution in [2.24, 2.45) is 4.99 Å². The number of nitrogens with zero attached hydrogens (tertiary/aromatic N) is 2. The van der Waals surface area contributed by atoms with Crippen molar-refractivity contribution in [3.8, 4) is 17.2 Å². The lowest BCUT2D eigenvalue weighted by Gasteiger charge is -2.24. The molecule has 0 bridgehead atoms. The molecule has 0 saturated heterocycles. The summed E-state index contributed by atoms with van der Waals surface area (Å²) in [5.41, 5.74) is 2.73. The molecule has 0 unspecified atom stereocenters. The van der Waals surface area contributed by atoms with Crippen molar-refractivity contribution >= 4 is 23.4 Å². The zero-order chi connectivity index (χ0) is 28.5. The van der Waals surface area contributed by atoms with Crippen molar-refractivity contribution in [3.05, 3.63) is 120 Å². The molecule has 41 heavy (non-hydrogen) atoms. The number of thiazole rings is 1. The third kappa shape index (κ3) is 5.26. The van der Waals surface area contributed by atoms with Crippen LogP contribution in [0, 0.1) is 5.82 Å². The average Bonchev–Trinajstić information content (AvgIpc) is 3.56. The van der Waals surface area contributed by atoms with Gasteiger partial charge in [0, 0.05) is 0 Å². The number of hydrogen-bond acceptors (Lipinski definition) is 8. The lowest BCUT2D eigenvalue weighted by atomic mass is 9.96. The highest BCUT2D eigenvalue weighted by Gasteiger charge is 2.33. The minimum Gasteiger partial charge on any atom is -0.489 e. The first-order valence-corrected chi connectivity index (χ1v) is 13.8. The fraction of sp³-hybridized carbons (Fsp3) is 0.194. The summed E-state index contributed by atoms with van der Waals surface area (Å²) in [5, 5.41) is 0. The summed E-state index contributed by atoms with van der Waals surface area (Å²) in [4.78, 5) is 31.7. The molecular weight excluding hydrogens is 547 g/mol. The first-order valence-electron chi connectivity index (χ1n) is 13.0. The number of aromatic nitrogens is 1. The molecular formula is C31H25FN2O6S. The van der Waals surface area contributed by atoms with E-state index in [2.05, 4.69) is 4.99 Å². The highest BCUT2D eigenvalue weighted by Crippen LogP contribution is 2.33. The van der Waals surface area contributed by atoms with E-state index >= 15 is 0 Å². The number of halogens is 1. The fourth-order valence-corrected chi connectivity index (χ4v) is 5.81. The van der Waals surface area contributed by atoms with Crippen molar-refractivity contribution in [1.29, 1.82) is 0 Å². The topological polar surface area (TPSA) is 88.4 Å². The summed E-state index contributed by atoms with van der Waals surface area (Å²) >= 11 is 1.23. The molecule has 0 amide bonds. The van der Waals surface area contributed by atoms with Gasteiger partial charge in [0.05, 0.1) is 28.5 Å². The lowest BCUT2D eigenvalue weighted by molar-refractivity contribution is -0.139. The van der Waals surface area contributed by atoms with Gasteiger partial charge in [0.2, 0.25) is 6.79 Å². The quantitative estimate of drug-likeness (QED) is 0.308. The fourth-order valence-electron chi connectivity index (χ4n) is 4.76. The molecule has 0 aliphatic carbocycles. The van der Waals surface area contributed by atoms with Gasteiger partial charge >= 0.3 is 5.97 Å². The van der Waals surface area contributed by atoms with Gasteiger partial charge in [-0.1, -0.05) is 41.7 Å². The first-order chi connectivity index (χ1) is 19.9. The van der Waals surface area contributed by atoms with Crippen LogP contribution in [0.1, 0.15) is 36.6 Å². The van der Waals surface area contributed by atoms with Crippen LogP contribution < -0.4 is 29.1 Å². The van der Waals surface area contributed by atoms with Gasteiger partial charge in [-0.3, -0.25) is 9.36 Å². The van der Waals surface area contributed by atoms with Crippen LogP contribution in [0.2, 0.25) is 0 Å². The van der Waals surface area contributed by atoms with E-state index in [-0.39, 0.29) is 24.5 Å². The lowest BCUT2D eigenvalue weighted by Crippen LogP contribution is -2.39. The molecule has 0 N–H and O–H groups in total. The van der Waals surface area contributed by atoms with E-state index in [0.29, 0.717) is 38.7 Å². The molecule has 8 nitrogen and oxygen atoms in total. The Bertz CT molecular complexity index is 1840. The van der Waals surface area contributed by atoms with E-state index in [1.807, 2.05) is 42.5 Å². The summed E-state index contributed by atoms with van der Waals surface area (Å²) in [5.74, 6) is 1.12. The van der Waals surface area contributed by atoms with Gasteiger partial charge in [-0.25, -0.2) is 14.2 Å². The number of carbonyl (C=O) groups excluding carboxylic acids is 1. The van der Waals surface area contributed by atoms with Crippen molar-refractivity contribution in [2.45, 2.75) is 26.5 Å². The molecule has 6 rings (SSSR count). The van der Waals surface area contributed by atoms with Crippen LogP contribution >= 0.6 is 11.3 Å². The zero-order valence-electron chi connectivity index (χ0n) is 22.3. The van der Waals surface area contributed by atoms with E-state index in [1.165, 1.54) is 28.0 Å². The highest BCUT2D eigenvalue weighted by atomic mass is 32.1. The van der Waals surface area contributed by atoms with Crippen LogP contribution in [0.15, 0.2) is 87.8 Å². The Morgan fingerprint density at radius 1 is 1.10 bits per heavy atom. The maximum atomic E-state index is 13.7. The Morgan fingerprint density at radius 2 is 1.85 bits per heavy atom. The molecule has 2 aliphatic rings. The number of rotatable bonds is 7. The van der Waals surface area contributed by atoms with Crippen molar-refractivity contribution in [3.63, 3.8) is 0 Å². The van der Waals surface area contributed by atoms with Crippen LogP contribution in [0.3, 0.4) is 0 Å². The van der Waals surface area contributed by atoms with Gasteiger partial charge in [0.1, 0.15) is 18.2 Å². The highest BCUT2D eigenvalue weighted by molar-refractivity contribution is 7.07. The maximum absolute atomic E-state index is 13.7. The SMILES string of the molecule is CCOC(=O)C1=C(C)N=c2sc(=Cc3ccc(OCc4ccc5c(c4)OCO5)cc3)c(=O)n2[C@@H]1c1ccc(F)cc1. The maximum Gasteiger partial charge on any atom is 0.338 e. The molecule has 10 heteroatoms. The number of hydrogen-bond donors (Lipinski definition) is 0. The molecule has 208 valence electrons. The molecule has 1 atom stereocenters. The number of benzene rings is 3. The molecule has 3 aromatic carbocycles. The Kier molecular flexibility index (Phi) is 7.15. The number of ether oxygens (including phenoxy) is 4. The Balaban J connectivity index is 1.29. The summed E-state index contributed by atoms with van der Waals surface area (Å²) in [6, 6.07) is 18.0. The normalized spacial score (nSPS) is 15.9. The van der Waals surface area contributed by atoms with Gasteiger partial charge in [-0.15, -0.1) is 0 Å². The smallest absolute Gasteiger partial charge is 0.338 e. The Morgan fingerprint density at radius 3 is 2.61 bits per heavy atom. The second kappa shape index (κ2) is 11.1. The van der Waals surface area contributed by atoms with E-state index in [9.17, 15) is 14.0 Å². The van der Waals surface area contributed by atoms with Gasteiger partial charge in [0.15, 0.2) is 16.3 Å². The molecule has 0 saturated carbocycles. The monoisotopic (exact) mass is 572 g/mol. The van der Waals surface area contributed by atoms with Crippen LogP contribution in [0.25, 0.3) is 6.08 Å². The van der Waals surface area contributed by atoms with E-state index < -0.39 is 17.8 Å². The van der Waals surface area contributed by atoms with E-state index in [0.717, 1.165) is 16.9 Å². The summed E-state index contributed by atoms with van der Waals surface area (Å²) < 4.78 is 37.6. The third-order valence-electron chi connectivity index (χ3n) is 6.72. The second-order valence-corrected chi connectivity index (χ2v) is 10.4. The van der Waals surface area contributed by atoms with Crippen molar-refractivity contribution < 1.29 is 28.1 Å². The van der Waals surface area contributed by atoms with Crippen molar-refractivity contribution in [1.82, 2.24) is 4.57 Å². The van der Waals surface area contributed by atoms with E-state index in [4.69, 9.17) is 18.9 Å². The van der Waals surface area contributed by atoms with E-state index in [1.54, 1.807) is 32.1 Å². The van der Waals surface area contributed by atoms with Crippen LogP contribution in [0.5, 0.6) is 17.2 Å². The van der Waals surface area contributed by atoms with Crippen LogP contribution in [-0.2, 0) is 16.1 Å². The summed E-state index contributed by atoms with van der Waals surface area (Å²) in [6.07, 6.45) is 1.77. The zero-order valence-corrected chi connectivity index (χ0v) is 23.1. The van der Waals surface area contributed by atoms with Crippen LogP contribution in [0.4, 0.5) is 4.39 Å². The first kappa shape index (κ1) is 26.5. The molecule has 0 radical (unpaired) electrons. The minimum absolute atomic E-state index is 0.173. The second-order valence-electron chi connectivity index (χ2n) is 9.40. The number of carbonyl (C=O) groups is 1. The Labute approximate surface area is 238 Å². The average molecular weight is 573 g/mol. The van der Waals surface area contributed by atoms with Gasteiger partial charge in [-0.2, -0.15) is 0 Å². The molecule has 0 spiro atoms. The minimum atomic E-state index is -0.792. The molecule has 0 fully saturated rings. The molecule has 1 aromatic heterocycles. The summed E-state index contributed by atoms with van der Waals surface area (Å²) in [7, 11) is 0. The largest absolute Gasteiger partial charge is 0.489 e. The molecule has 4 aromatic rings. The van der Waals surface area contributed by atoms with Crippen LogP contribution in [-0.4, -0.2) is 23.9 Å². The molecule has 3 heterocycles. The standard InChI is InChI=1S/C31H25FN2O6S/c1-3-37-30(36)27-18(2)33-31-34(28(27)21-7-9-22(32)10-8-21)29(35)26(41-31)15-19-4-11-23(12-5-19)38-16-20-6-13-24-25(14-20)40-17-39-24/h4-15,28H,3,16-17H2,1-2H3/t28-/m1/s1. The van der Waals surface area contributed by atoms with Crippen molar-refractivity contribution in [2.75, 3.05) is 13.4 Å². The molecule has 2 aliphatic heterocycles. The number of allylic oxidation sites excluding steroid dienone is 1. The Hall–Kier alpha value is -4.70.